The van der Waals surface area contributed by atoms with E-state index in [1.54, 1.807) is 0 Å². The van der Waals surface area contributed by atoms with Crippen LogP contribution >= 0.6 is 11.8 Å². The van der Waals surface area contributed by atoms with Crippen molar-refractivity contribution in [1.29, 1.82) is 0 Å². The highest BCUT2D eigenvalue weighted by Gasteiger charge is 2.15. The number of nitrogens with zero attached hydrogens (tertiary/aromatic N) is 1. The minimum absolute atomic E-state index is 0.216. The van der Waals surface area contributed by atoms with Crippen molar-refractivity contribution in [2.24, 2.45) is 11.7 Å². The van der Waals surface area contributed by atoms with E-state index >= 15 is 0 Å². The van der Waals surface area contributed by atoms with Crippen molar-refractivity contribution in [2.45, 2.75) is 50.1 Å². The van der Waals surface area contributed by atoms with Gasteiger partial charge in [0.1, 0.15) is 0 Å². The number of rotatable bonds is 5. The normalized spacial score (nSPS) is 18.5. The van der Waals surface area contributed by atoms with Crippen molar-refractivity contribution in [1.82, 2.24) is 4.98 Å². The van der Waals surface area contributed by atoms with Crippen molar-refractivity contribution in [3.63, 3.8) is 0 Å². The fourth-order valence-electron chi connectivity index (χ4n) is 2.37. The maximum atomic E-state index is 5.77. The topological polar surface area (TPSA) is 38.9 Å². The van der Waals surface area contributed by atoms with Crippen molar-refractivity contribution in [2.75, 3.05) is 5.75 Å². The molecular formula is C14H22N2S. The average Bonchev–Trinajstić information content (AvgIpc) is 2.80. The summed E-state index contributed by atoms with van der Waals surface area (Å²) in [4.78, 5) is 4.50. The first-order valence-corrected chi connectivity index (χ1v) is 7.56. The summed E-state index contributed by atoms with van der Waals surface area (Å²) in [6, 6.07) is 4.51. The minimum Gasteiger partial charge on any atom is -0.328 e. The molecule has 1 fully saturated rings. The summed E-state index contributed by atoms with van der Waals surface area (Å²) in [7, 11) is 0. The van der Waals surface area contributed by atoms with Gasteiger partial charge in [-0.3, -0.25) is 0 Å². The molecule has 0 amide bonds. The molecule has 2 rings (SSSR count). The van der Waals surface area contributed by atoms with Gasteiger partial charge >= 0.3 is 0 Å². The Bertz CT molecular complexity index is 329. The van der Waals surface area contributed by atoms with Gasteiger partial charge in [0.05, 0.1) is 5.03 Å². The predicted octanol–water partition coefficient (Wildman–Crippen LogP) is 3.25. The summed E-state index contributed by atoms with van der Waals surface area (Å²) >= 11 is 1.90. The Morgan fingerprint density at radius 1 is 1.41 bits per heavy atom. The molecule has 2 N–H and O–H groups in total. The lowest BCUT2D eigenvalue weighted by atomic mass is 10.1. The largest absolute Gasteiger partial charge is 0.328 e. The van der Waals surface area contributed by atoms with Crippen molar-refractivity contribution >= 4 is 11.8 Å². The monoisotopic (exact) mass is 250 g/mol. The summed E-state index contributed by atoms with van der Waals surface area (Å²) < 4.78 is 0. The van der Waals surface area contributed by atoms with E-state index in [1.165, 1.54) is 37.0 Å². The first-order chi connectivity index (χ1) is 8.24. The molecule has 0 aromatic carbocycles. The minimum atomic E-state index is 0.216. The van der Waals surface area contributed by atoms with E-state index in [9.17, 15) is 0 Å². The number of hydrogen-bond donors (Lipinski definition) is 1. The molecule has 94 valence electrons. The molecule has 1 aromatic heterocycles. The number of pyridine rings is 1. The third-order valence-corrected chi connectivity index (χ3v) is 4.47. The lowest BCUT2D eigenvalue weighted by Gasteiger charge is -2.08. The molecule has 0 spiro atoms. The lowest BCUT2D eigenvalue weighted by molar-refractivity contribution is 0.623. The SMILES string of the molecule is CC(N)Cc1ccc(SCC2CCCC2)nc1. The highest BCUT2D eigenvalue weighted by Crippen LogP contribution is 2.30. The lowest BCUT2D eigenvalue weighted by Crippen LogP contribution is -2.17. The van der Waals surface area contributed by atoms with Crippen molar-refractivity contribution < 1.29 is 0 Å². The van der Waals surface area contributed by atoms with Gasteiger partial charge in [0.2, 0.25) is 0 Å². The van der Waals surface area contributed by atoms with Gasteiger partial charge in [-0.05, 0) is 43.7 Å². The molecular weight excluding hydrogens is 228 g/mol. The Balaban J connectivity index is 1.80. The van der Waals surface area contributed by atoms with Crippen LogP contribution < -0.4 is 5.73 Å². The van der Waals surface area contributed by atoms with E-state index in [0.29, 0.717) is 0 Å². The Kier molecular flexibility index (Phi) is 4.86. The Morgan fingerprint density at radius 2 is 2.18 bits per heavy atom. The zero-order valence-corrected chi connectivity index (χ0v) is 11.4. The molecule has 1 unspecified atom stereocenters. The highest BCUT2D eigenvalue weighted by molar-refractivity contribution is 7.99. The van der Waals surface area contributed by atoms with Crippen molar-refractivity contribution in [3.8, 4) is 0 Å². The smallest absolute Gasteiger partial charge is 0.0960 e. The first-order valence-electron chi connectivity index (χ1n) is 6.57. The highest BCUT2D eigenvalue weighted by atomic mass is 32.2. The second-order valence-electron chi connectivity index (χ2n) is 5.15. The first kappa shape index (κ1) is 12.9. The number of aromatic nitrogens is 1. The van der Waals surface area contributed by atoms with Crippen LogP contribution in [0.4, 0.5) is 0 Å². The molecule has 1 aromatic rings. The molecule has 3 heteroatoms. The Labute approximate surface area is 108 Å². The number of hydrogen-bond acceptors (Lipinski definition) is 3. The van der Waals surface area contributed by atoms with E-state index in [0.717, 1.165) is 17.4 Å². The maximum Gasteiger partial charge on any atom is 0.0960 e. The van der Waals surface area contributed by atoms with Crippen LogP contribution in [-0.4, -0.2) is 16.8 Å². The fraction of sp³-hybridized carbons (Fsp3) is 0.643. The van der Waals surface area contributed by atoms with E-state index in [4.69, 9.17) is 5.73 Å². The number of nitrogens with two attached hydrogens (primary N) is 1. The van der Waals surface area contributed by atoms with Crippen LogP contribution in [0, 0.1) is 5.92 Å². The molecule has 1 aliphatic rings. The van der Waals surface area contributed by atoms with Gasteiger partial charge in [-0.2, -0.15) is 0 Å². The third kappa shape index (κ3) is 4.32. The van der Waals surface area contributed by atoms with E-state index in [2.05, 4.69) is 17.1 Å². The van der Waals surface area contributed by atoms with Crippen LogP contribution in [0.25, 0.3) is 0 Å². The molecule has 1 saturated carbocycles. The van der Waals surface area contributed by atoms with Crippen LogP contribution in [0.1, 0.15) is 38.2 Å². The van der Waals surface area contributed by atoms with Gasteiger partial charge in [-0.1, -0.05) is 18.9 Å². The summed E-state index contributed by atoms with van der Waals surface area (Å²) in [5.74, 6) is 2.16. The molecule has 1 atom stereocenters. The maximum absolute atomic E-state index is 5.77. The zero-order valence-electron chi connectivity index (χ0n) is 10.6. The third-order valence-electron chi connectivity index (χ3n) is 3.30. The van der Waals surface area contributed by atoms with Crippen LogP contribution in [0.3, 0.4) is 0 Å². The van der Waals surface area contributed by atoms with E-state index in [-0.39, 0.29) is 6.04 Å². The van der Waals surface area contributed by atoms with Crippen LogP contribution in [0.2, 0.25) is 0 Å². The number of thioether (sulfide) groups is 1. The predicted molar refractivity (Wildman–Crippen MR) is 74.3 cm³/mol. The quantitative estimate of drug-likeness (QED) is 0.815. The van der Waals surface area contributed by atoms with Gasteiger partial charge in [0.25, 0.3) is 0 Å². The van der Waals surface area contributed by atoms with Gasteiger partial charge in [0.15, 0.2) is 0 Å². The van der Waals surface area contributed by atoms with Gasteiger partial charge in [0, 0.05) is 18.0 Å². The average molecular weight is 250 g/mol. The van der Waals surface area contributed by atoms with Gasteiger partial charge in [-0.15, -0.1) is 11.8 Å². The van der Waals surface area contributed by atoms with Gasteiger partial charge in [-0.25, -0.2) is 4.98 Å². The van der Waals surface area contributed by atoms with Crippen molar-refractivity contribution in [3.05, 3.63) is 23.9 Å². The van der Waals surface area contributed by atoms with Crippen LogP contribution in [0.15, 0.2) is 23.4 Å². The molecule has 1 aliphatic carbocycles. The molecule has 2 nitrogen and oxygen atoms in total. The molecule has 0 bridgehead atoms. The van der Waals surface area contributed by atoms with Crippen LogP contribution in [-0.2, 0) is 6.42 Å². The van der Waals surface area contributed by atoms with E-state index < -0.39 is 0 Å². The standard InChI is InChI=1S/C14H22N2S/c1-11(15)8-13-6-7-14(16-9-13)17-10-12-4-2-3-5-12/h6-7,9,11-12H,2-5,8,10,15H2,1H3. The van der Waals surface area contributed by atoms with E-state index in [1.807, 2.05) is 24.9 Å². The van der Waals surface area contributed by atoms with Crippen LogP contribution in [0.5, 0.6) is 0 Å². The molecule has 0 radical (unpaired) electrons. The summed E-state index contributed by atoms with van der Waals surface area (Å²) in [6.07, 6.45) is 8.56. The summed E-state index contributed by atoms with van der Waals surface area (Å²) in [5.41, 5.74) is 7.01. The zero-order chi connectivity index (χ0) is 12.1. The Hall–Kier alpha value is -0.540. The summed E-state index contributed by atoms with van der Waals surface area (Å²) in [5, 5.41) is 1.16. The second-order valence-corrected chi connectivity index (χ2v) is 6.19. The molecule has 17 heavy (non-hydrogen) atoms. The second kappa shape index (κ2) is 6.41. The Morgan fingerprint density at radius 3 is 2.76 bits per heavy atom. The molecule has 1 heterocycles. The van der Waals surface area contributed by atoms with Gasteiger partial charge < -0.3 is 5.73 Å². The fourth-order valence-corrected chi connectivity index (χ4v) is 3.40. The summed E-state index contributed by atoms with van der Waals surface area (Å²) in [6.45, 7) is 2.03. The molecule has 0 aliphatic heterocycles. The molecule has 0 saturated heterocycles.